The molecule has 79 valence electrons. The summed E-state index contributed by atoms with van der Waals surface area (Å²) in [6.07, 6.45) is 1.41. The van der Waals surface area contributed by atoms with E-state index in [0.717, 1.165) is 6.42 Å². The molecular formula is C10H21O3. The average molecular weight is 189 g/mol. The van der Waals surface area contributed by atoms with Crippen LogP contribution >= 0.6 is 0 Å². The summed E-state index contributed by atoms with van der Waals surface area (Å²) in [5, 5.41) is 0. The Balaban J connectivity index is 4.19. The molecule has 1 radical (unpaired) electrons. The highest BCUT2D eigenvalue weighted by molar-refractivity contribution is 4.58. The lowest BCUT2D eigenvalue weighted by Crippen LogP contribution is -2.39. The minimum atomic E-state index is -0.861. The van der Waals surface area contributed by atoms with E-state index in [-0.39, 0.29) is 0 Å². The minimum Gasteiger partial charge on any atom is -0.328 e. The summed E-state index contributed by atoms with van der Waals surface area (Å²) in [7, 11) is 0. The van der Waals surface area contributed by atoms with Crippen LogP contribution in [0.3, 0.4) is 0 Å². The predicted octanol–water partition coefficient (Wildman–Crippen LogP) is 2.36. The van der Waals surface area contributed by atoms with E-state index < -0.39 is 5.97 Å². The van der Waals surface area contributed by atoms with Crippen LogP contribution in [0.2, 0.25) is 0 Å². The molecule has 0 saturated carbocycles. The Kier molecular flexibility index (Phi) is 7.23. The van der Waals surface area contributed by atoms with Crippen LogP contribution < -0.4 is 0 Å². The summed E-state index contributed by atoms with van der Waals surface area (Å²) in [5.74, 6) is -0.861. The number of hydrogen-bond acceptors (Lipinski definition) is 3. The van der Waals surface area contributed by atoms with Crippen LogP contribution in [0.5, 0.6) is 0 Å². The largest absolute Gasteiger partial charge is 0.328 e. The first-order valence-electron chi connectivity index (χ1n) is 4.95. The van der Waals surface area contributed by atoms with Crippen molar-refractivity contribution in [3.05, 3.63) is 6.92 Å². The molecule has 0 saturated heterocycles. The molecule has 0 aromatic rings. The van der Waals surface area contributed by atoms with E-state index in [1.54, 1.807) is 0 Å². The fraction of sp³-hybridized carbons (Fsp3) is 0.900. The first-order valence-corrected chi connectivity index (χ1v) is 4.95. The van der Waals surface area contributed by atoms with Gasteiger partial charge in [0.15, 0.2) is 0 Å². The summed E-state index contributed by atoms with van der Waals surface area (Å²) in [6.45, 7) is 11.3. The molecule has 0 unspecified atom stereocenters. The van der Waals surface area contributed by atoms with Crippen molar-refractivity contribution < 1.29 is 14.2 Å². The first-order chi connectivity index (χ1) is 6.24. The lowest BCUT2D eigenvalue weighted by Gasteiger charge is -2.31. The summed E-state index contributed by atoms with van der Waals surface area (Å²) >= 11 is 0. The summed E-state index contributed by atoms with van der Waals surface area (Å²) in [6, 6.07) is 0. The minimum absolute atomic E-state index is 0.583. The van der Waals surface area contributed by atoms with Gasteiger partial charge in [-0.15, -0.1) is 0 Å². The van der Waals surface area contributed by atoms with Crippen molar-refractivity contribution in [3.8, 4) is 0 Å². The zero-order valence-electron chi connectivity index (χ0n) is 8.97. The molecule has 0 N–H and O–H groups in total. The highest BCUT2D eigenvalue weighted by atomic mass is 16.9. The Morgan fingerprint density at radius 1 is 0.923 bits per heavy atom. The van der Waals surface area contributed by atoms with Crippen molar-refractivity contribution in [2.75, 3.05) is 19.8 Å². The van der Waals surface area contributed by atoms with E-state index in [9.17, 15) is 0 Å². The molecule has 0 aromatic heterocycles. The van der Waals surface area contributed by atoms with E-state index in [1.807, 2.05) is 20.8 Å². The van der Waals surface area contributed by atoms with Crippen molar-refractivity contribution in [3.63, 3.8) is 0 Å². The van der Waals surface area contributed by atoms with Crippen molar-refractivity contribution in [1.82, 2.24) is 0 Å². The molecule has 0 aliphatic carbocycles. The third-order valence-electron chi connectivity index (χ3n) is 1.58. The molecule has 0 spiro atoms. The second kappa shape index (κ2) is 7.30. The van der Waals surface area contributed by atoms with Crippen molar-refractivity contribution in [2.24, 2.45) is 0 Å². The molecule has 0 heterocycles. The van der Waals surface area contributed by atoms with Crippen molar-refractivity contribution >= 4 is 0 Å². The van der Waals surface area contributed by atoms with Gasteiger partial charge in [0.25, 0.3) is 5.97 Å². The lowest BCUT2D eigenvalue weighted by atomic mass is 10.3. The standard InChI is InChI=1S/C10H21O3/c1-5-9-10(11-6-2,12-7-3)13-8-4/h1,5-9H2,2-4H3. The molecule has 3 heteroatoms. The van der Waals surface area contributed by atoms with Crippen molar-refractivity contribution in [1.29, 1.82) is 0 Å². The average Bonchev–Trinajstić information content (AvgIpc) is 2.06. The van der Waals surface area contributed by atoms with Gasteiger partial charge in [0, 0.05) is 26.2 Å². The zero-order valence-corrected chi connectivity index (χ0v) is 8.97. The molecule has 0 aliphatic heterocycles. The summed E-state index contributed by atoms with van der Waals surface area (Å²) in [4.78, 5) is 0. The van der Waals surface area contributed by atoms with Crippen LogP contribution in [-0.4, -0.2) is 25.8 Å². The lowest BCUT2D eigenvalue weighted by molar-refractivity contribution is -0.379. The molecule has 0 rings (SSSR count). The van der Waals surface area contributed by atoms with E-state index in [1.165, 1.54) is 0 Å². The maximum atomic E-state index is 5.47. The second-order valence-corrected chi connectivity index (χ2v) is 2.59. The van der Waals surface area contributed by atoms with Crippen LogP contribution in [0.25, 0.3) is 0 Å². The van der Waals surface area contributed by atoms with Gasteiger partial charge in [0.2, 0.25) is 0 Å². The van der Waals surface area contributed by atoms with Crippen LogP contribution in [0, 0.1) is 6.92 Å². The van der Waals surface area contributed by atoms with Gasteiger partial charge in [0.1, 0.15) is 0 Å². The molecule has 13 heavy (non-hydrogen) atoms. The third kappa shape index (κ3) is 4.60. The van der Waals surface area contributed by atoms with Crippen LogP contribution in [0.15, 0.2) is 0 Å². The third-order valence-corrected chi connectivity index (χ3v) is 1.58. The summed E-state index contributed by atoms with van der Waals surface area (Å²) in [5.41, 5.74) is 0. The molecule has 0 atom stereocenters. The van der Waals surface area contributed by atoms with E-state index in [2.05, 4.69) is 6.92 Å². The first kappa shape index (κ1) is 12.9. The van der Waals surface area contributed by atoms with E-state index >= 15 is 0 Å². The van der Waals surface area contributed by atoms with Crippen LogP contribution in [-0.2, 0) is 14.2 Å². The fourth-order valence-electron chi connectivity index (χ4n) is 1.22. The van der Waals surface area contributed by atoms with Crippen molar-refractivity contribution in [2.45, 2.75) is 39.6 Å². The van der Waals surface area contributed by atoms with Gasteiger partial charge in [-0.3, -0.25) is 0 Å². The molecule has 0 aromatic carbocycles. The van der Waals surface area contributed by atoms with Gasteiger partial charge < -0.3 is 14.2 Å². The van der Waals surface area contributed by atoms with Gasteiger partial charge in [0.05, 0.1) is 0 Å². The van der Waals surface area contributed by atoms with Crippen LogP contribution in [0.4, 0.5) is 0 Å². The number of ether oxygens (including phenoxy) is 3. The Labute approximate surface area is 81.4 Å². The Bertz CT molecular complexity index is 85.2. The SMILES string of the molecule is [CH2]CCC(OCC)(OCC)OCC. The Morgan fingerprint density at radius 3 is 1.54 bits per heavy atom. The molecular weight excluding hydrogens is 168 g/mol. The molecule has 0 aliphatic rings. The topological polar surface area (TPSA) is 27.7 Å². The predicted molar refractivity (Wildman–Crippen MR) is 52.2 cm³/mol. The van der Waals surface area contributed by atoms with Gasteiger partial charge in [-0.2, -0.15) is 0 Å². The maximum Gasteiger partial charge on any atom is 0.282 e. The van der Waals surface area contributed by atoms with Gasteiger partial charge in [-0.25, -0.2) is 0 Å². The highest BCUT2D eigenvalue weighted by Crippen LogP contribution is 2.21. The van der Waals surface area contributed by atoms with Gasteiger partial charge >= 0.3 is 0 Å². The van der Waals surface area contributed by atoms with E-state index in [4.69, 9.17) is 14.2 Å². The Hall–Kier alpha value is -0.120. The molecule has 3 nitrogen and oxygen atoms in total. The monoisotopic (exact) mass is 189 g/mol. The smallest absolute Gasteiger partial charge is 0.282 e. The second-order valence-electron chi connectivity index (χ2n) is 2.59. The number of hydrogen-bond donors (Lipinski definition) is 0. The quantitative estimate of drug-likeness (QED) is 0.549. The zero-order chi connectivity index (χ0) is 10.2. The molecule has 0 amide bonds. The fourth-order valence-corrected chi connectivity index (χ4v) is 1.22. The van der Waals surface area contributed by atoms with Gasteiger partial charge in [-0.1, -0.05) is 6.92 Å². The Morgan fingerprint density at radius 2 is 1.31 bits per heavy atom. The van der Waals surface area contributed by atoms with Crippen LogP contribution in [0.1, 0.15) is 33.6 Å². The highest BCUT2D eigenvalue weighted by Gasteiger charge is 2.30. The maximum absolute atomic E-state index is 5.47. The number of rotatable bonds is 8. The summed E-state index contributed by atoms with van der Waals surface area (Å²) < 4.78 is 16.4. The normalized spacial score (nSPS) is 12.0. The van der Waals surface area contributed by atoms with Gasteiger partial charge in [-0.05, 0) is 27.2 Å². The van der Waals surface area contributed by atoms with E-state index in [0.29, 0.717) is 26.2 Å². The molecule has 0 fully saturated rings. The molecule has 0 bridgehead atoms.